The Labute approximate surface area is 169 Å². The molecule has 2 N–H and O–H groups in total. The number of benzene rings is 3. The summed E-state index contributed by atoms with van der Waals surface area (Å²) >= 11 is 0. The monoisotopic (exact) mass is 408 g/mol. The van der Waals surface area contributed by atoms with Gasteiger partial charge in [-0.25, -0.2) is 8.42 Å². The number of hydrogen-bond donors (Lipinski definition) is 2. The van der Waals surface area contributed by atoms with Crippen molar-refractivity contribution in [3.05, 3.63) is 89.5 Å². The van der Waals surface area contributed by atoms with E-state index in [1.165, 1.54) is 16.4 Å². The Balaban J connectivity index is 1.61. The number of para-hydroxylation sites is 1. The molecule has 6 nitrogen and oxygen atoms in total. The third kappa shape index (κ3) is 3.74. The molecule has 0 aliphatic carbocycles. The average Bonchev–Trinajstić information content (AvgIpc) is 3.19. The van der Waals surface area contributed by atoms with Gasteiger partial charge in [0.15, 0.2) is 0 Å². The summed E-state index contributed by atoms with van der Waals surface area (Å²) in [5.41, 5.74) is 3.12. The van der Waals surface area contributed by atoms with Gasteiger partial charge >= 0.3 is 0 Å². The number of hydrogen-bond acceptors (Lipinski definition) is 4. The molecule has 0 bridgehead atoms. The van der Waals surface area contributed by atoms with Gasteiger partial charge in [-0.05, 0) is 53.9 Å². The van der Waals surface area contributed by atoms with Crippen molar-refractivity contribution in [1.82, 2.24) is 0 Å². The van der Waals surface area contributed by atoms with Crippen molar-refractivity contribution in [2.75, 3.05) is 16.2 Å². The van der Waals surface area contributed by atoms with E-state index in [-0.39, 0.29) is 17.1 Å². The number of sulfonamides is 1. The number of carbonyl (C=O) groups excluding carboxylic acids is 1. The van der Waals surface area contributed by atoms with Crippen LogP contribution in [0, 0.1) is 0 Å². The van der Waals surface area contributed by atoms with Crippen LogP contribution in [0.15, 0.2) is 77.7 Å². The van der Waals surface area contributed by atoms with Gasteiger partial charge in [-0.15, -0.1) is 0 Å². The predicted octanol–water partition coefficient (Wildman–Crippen LogP) is 3.18. The molecule has 0 radical (unpaired) electrons. The summed E-state index contributed by atoms with van der Waals surface area (Å²) in [4.78, 5) is 12.7. The highest BCUT2D eigenvalue weighted by Crippen LogP contribution is 2.32. The molecular formula is C22H20N2O4S. The van der Waals surface area contributed by atoms with Gasteiger partial charge in [-0.3, -0.25) is 9.10 Å². The Bertz CT molecular complexity index is 1170. The van der Waals surface area contributed by atoms with E-state index in [1.807, 2.05) is 18.2 Å². The molecule has 0 saturated carbocycles. The molecule has 0 aromatic heterocycles. The lowest BCUT2D eigenvalue weighted by atomic mass is 10.2. The van der Waals surface area contributed by atoms with Crippen LogP contribution in [0.1, 0.15) is 21.5 Å². The molecule has 3 aromatic carbocycles. The summed E-state index contributed by atoms with van der Waals surface area (Å²) in [7, 11) is -3.77. The van der Waals surface area contributed by atoms with Crippen molar-refractivity contribution in [1.29, 1.82) is 0 Å². The van der Waals surface area contributed by atoms with Crippen LogP contribution in [0.5, 0.6) is 0 Å². The number of nitrogens with one attached hydrogen (secondary N) is 1. The zero-order valence-corrected chi connectivity index (χ0v) is 16.4. The van der Waals surface area contributed by atoms with Crippen LogP contribution in [-0.4, -0.2) is 26.0 Å². The van der Waals surface area contributed by atoms with Crippen molar-refractivity contribution >= 4 is 27.3 Å². The zero-order valence-electron chi connectivity index (χ0n) is 15.6. The number of aliphatic hydroxyl groups excluding tert-OH is 1. The lowest BCUT2D eigenvalue weighted by molar-refractivity contribution is 0.102. The minimum Gasteiger partial charge on any atom is -0.392 e. The molecule has 0 spiro atoms. The third-order valence-corrected chi connectivity index (χ3v) is 6.71. The topological polar surface area (TPSA) is 86.7 Å². The minimum atomic E-state index is -3.77. The molecule has 148 valence electrons. The van der Waals surface area contributed by atoms with Gasteiger partial charge in [-0.1, -0.05) is 36.4 Å². The molecule has 1 aliphatic heterocycles. The fourth-order valence-electron chi connectivity index (χ4n) is 3.43. The third-order valence-electron chi connectivity index (χ3n) is 4.90. The maximum absolute atomic E-state index is 13.2. The molecule has 7 heteroatoms. The van der Waals surface area contributed by atoms with Gasteiger partial charge < -0.3 is 10.4 Å². The van der Waals surface area contributed by atoms with Crippen LogP contribution in [0.4, 0.5) is 11.4 Å². The van der Waals surface area contributed by atoms with Crippen LogP contribution in [-0.2, 0) is 23.1 Å². The molecule has 1 amide bonds. The Kier molecular flexibility index (Phi) is 5.08. The standard InChI is InChI=1S/C22H20N2O4S/c25-15-16-5-3-8-19(13-16)23-22(26)18-7-4-9-20(14-18)29(27,28)24-12-11-17-6-1-2-10-21(17)24/h1-10,13-14,25H,11-12,15H2,(H,23,26). The highest BCUT2D eigenvalue weighted by Gasteiger charge is 2.30. The largest absolute Gasteiger partial charge is 0.392 e. The van der Waals surface area contributed by atoms with E-state index in [0.29, 0.717) is 29.9 Å². The predicted molar refractivity (Wildman–Crippen MR) is 111 cm³/mol. The van der Waals surface area contributed by atoms with E-state index < -0.39 is 15.9 Å². The molecule has 0 fully saturated rings. The molecule has 1 aliphatic rings. The zero-order chi connectivity index (χ0) is 20.4. The summed E-state index contributed by atoms with van der Waals surface area (Å²) in [5.74, 6) is -0.418. The Hall–Kier alpha value is -3.16. The van der Waals surface area contributed by atoms with E-state index in [0.717, 1.165) is 5.56 Å². The van der Waals surface area contributed by atoms with Crippen molar-refractivity contribution < 1.29 is 18.3 Å². The molecule has 0 unspecified atom stereocenters. The Morgan fingerprint density at radius 1 is 1.00 bits per heavy atom. The Morgan fingerprint density at radius 2 is 1.79 bits per heavy atom. The first kappa shape index (κ1) is 19.2. The van der Waals surface area contributed by atoms with E-state index in [2.05, 4.69) is 5.32 Å². The van der Waals surface area contributed by atoms with E-state index in [9.17, 15) is 18.3 Å². The average molecular weight is 408 g/mol. The highest BCUT2D eigenvalue weighted by molar-refractivity contribution is 7.92. The van der Waals surface area contributed by atoms with E-state index in [1.54, 1.807) is 42.5 Å². The number of rotatable bonds is 5. The first-order valence-electron chi connectivity index (χ1n) is 9.21. The van der Waals surface area contributed by atoms with Gasteiger partial charge in [0.1, 0.15) is 0 Å². The first-order valence-corrected chi connectivity index (χ1v) is 10.6. The number of carbonyl (C=O) groups is 1. The summed E-state index contributed by atoms with van der Waals surface area (Å²) in [6.07, 6.45) is 0.663. The SMILES string of the molecule is O=C(Nc1cccc(CO)c1)c1cccc(S(=O)(=O)N2CCc3ccccc32)c1. The van der Waals surface area contributed by atoms with Crippen molar-refractivity contribution in [3.63, 3.8) is 0 Å². The van der Waals surface area contributed by atoms with Gasteiger partial charge in [-0.2, -0.15) is 0 Å². The summed E-state index contributed by atoms with van der Waals surface area (Å²) in [6.45, 7) is 0.251. The maximum atomic E-state index is 13.2. The van der Waals surface area contributed by atoms with Crippen molar-refractivity contribution in [2.45, 2.75) is 17.9 Å². The van der Waals surface area contributed by atoms with Crippen LogP contribution in [0.2, 0.25) is 0 Å². The second kappa shape index (κ2) is 7.69. The van der Waals surface area contributed by atoms with E-state index in [4.69, 9.17) is 0 Å². The molecule has 3 aromatic rings. The second-order valence-electron chi connectivity index (χ2n) is 6.80. The number of amides is 1. The van der Waals surface area contributed by atoms with Gasteiger partial charge in [0.25, 0.3) is 15.9 Å². The second-order valence-corrected chi connectivity index (χ2v) is 8.66. The van der Waals surface area contributed by atoms with Crippen LogP contribution in [0.25, 0.3) is 0 Å². The molecule has 4 rings (SSSR count). The smallest absolute Gasteiger partial charge is 0.264 e. The number of fused-ring (bicyclic) bond motifs is 1. The maximum Gasteiger partial charge on any atom is 0.264 e. The molecular weight excluding hydrogens is 388 g/mol. The van der Waals surface area contributed by atoms with Crippen LogP contribution in [0.3, 0.4) is 0 Å². The fourth-order valence-corrected chi connectivity index (χ4v) is 4.98. The lowest BCUT2D eigenvalue weighted by Crippen LogP contribution is -2.29. The number of anilines is 2. The first-order chi connectivity index (χ1) is 14.0. The minimum absolute atomic E-state index is 0.0750. The molecule has 29 heavy (non-hydrogen) atoms. The van der Waals surface area contributed by atoms with Crippen molar-refractivity contribution in [3.8, 4) is 0 Å². The lowest BCUT2D eigenvalue weighted by Gasteiger charge is -2.20. The summed E-state index contributed by atoms with van der Waals surface area (Å²) in [6, 6.07) is 20.3. The summed E-state index contributed by atoms with van der Waals surface area (Å²) < 4.78 is 27.8. The van der Waals surface area contributed by atoms with E-state index >= 15 is 0 Å². The molecule has 0 atom stereocenters. The number of aliphatic hydroxyl groups is 1. The normalized spacial score (nSPS) is 13.2. The summed E-state index contributed by atoms with van der Waals surface area (Å²) in [5, 5.41) is 12.0. The number of nitrogens with zero attached hydrogens (tertiary/aromatic N) is 1. The fraction of sp³-hybridized carbons (Fsp3) is 0.136. The van der Waals surface area contributed by atoms with Gasteiger partial charge in [0.2, 0.25) is 0 Å². The van der Waals surface area contributed by atoms with Gasteiger partial charge in [0, 0.05) is 17.8 Å². The quantitative estimate of drug-likeness (QED) is 0.679. The van der Waals surface area contributed by atoms with Crippen LogP contribution < -0.4 is 9.62 Å². The van der Waals surface area contributed by atoms with Crippen LogP contribution >= 0.6 is 0 Å². The van der Waals surface area contributed by atoms with Crippen molar-refractivity contribution in [2.24, 2.45) is 0 Å². The van der Waals surface area contributed by atoms with Gasteiger partial charge in [0.05, 0.1) is 17.2 Å². The Morgan fingerprint density at radius 3 is 2.62 bits per heavy atom. The highest BCUT2D eigenvalue weighted by atomic mass is 32.2. The molecule has 1 heterocycles. The molecule has 0 saturated heterocycles.